The lowest BCUT2D eigenvalue weighted by molar-refractivity contribution is 0.0696. The van der Waals surface area contributed by atoms with E-state index in [0.29, 0.717) is 22.5 Å². The molecule has 9 nitrogen and oxygen atoms in total. The van der Waals surface area contributed by atoms with Crippen molar-refractivity contribution >= 4 is 17.3 Å². The summed E-state index contributed by atoms with van der Waals surface area (Å²) < 4.78 is 1.40. The largest absolute Gasteiger partial charge is 0.505 e. The number of nitrogens with zero attached hydrogens (tertiary/aromatic N) is 4. The summed E-state index contributed by atoms with van der Waals surface area (Å²) >= 11 is 0. The number of H-pyrrole nitrogens is 1. The molecular weight excluding hydrogens is 434 g/mol. The molecule has 0 fully saturated rings. The molecule has 0 saturated heterocycles. The number of aromatic amines is 1. The predicted molar refractivity (Wildman–Crippen MR) is 128 cm³/mol. The topological polar surface area (TPSA) is 133 Å². The number of aromatic carboxylic acids is 1. The second-order valence-corrected chi connectivity index (χ2v) is 8.14. The molecule has 0 aliphatic carbocycles. The van der Waals surface area contributed by atoms with Gasteiger partial charge in [-0.15, -0.1) is 10.2 Å². The number of aryl methyl sites for hydroxylation is 4. The Morgan fingerprint density at radius 1 is 1.00 bits per heavy atom. The molecule has 2 aromatic carbocycles. The Labute approximate surface area is 195 Å². The summed E-state index contributed by atoms with van der Waals surface area (Å²) in [6.07, 6.45) is 2.69. The van der Waals surface area contributed by atoms with Crippen LogP contribution in [0.3, 0.4) is 0 Å². The average Bonchev–Trinajstić information content (AvgIpc) is 3.09. The minimum atomic E-state index is -1.12. The molecular formula is C25H23N5O4. The van der Waals surface area contributed by atoms with E-state index in [-0.39, 0.29) is 28.2 Å². The molecule has 4 rings (SSSR count). The summed E-state index contributed by atoms with van der Waals surface area (Å²) in [4.78, 5) is 28.2. The summed E-state index contributed by atoms with van der Waals surface area (Å²) in [6, 6.07) is 10.4. The van der Waals surface area contributed by atoms with E-state index in [2.05, 4.69) is 20.3 Å². The Balaban J connectivity index is 1.75. The summed E-state index contributed by atoms with van der Waals surface area (Å²) in [5.41, 5.74) is 4.83. The highest BCUT2D eigenvalue weighted by Gasteiger charge is 2.16. The third-order valence-electron chi connectivity index (χ3n) is 5.58. The number of hydrogen-bond donors (Lipinski definition) is 3. The van der Waals surface area contributed by atoms with E-state index in [9.17, 15) is 19.8 Å². The van der Waals surface area contributed by atoms with Gasteiger partial charge in [0.1, 0.15) is 5.69 Å². The lowest BCUT2D eigenvalue weighted by Gasteiger charge is -2.09. The molecule has 0 atom stereocenters. The first-order valence-corrected chi connectivity index (χ1v) is 10.5. The molecule has 3 N–H and O–H groups in total. The number of hydrogen-bond acceptors (Lipinski definition) is 6. The minimum absolute atomic E-state index is 0.00331. The number of aromatic nitrogens is 3. The van der Waals surface area contributed by atoms with Crippen LogP contribution in [0.4, 0.5) is 11.4 Å². The average molecular weight is 457 g/mol. The van der Waals surface area contributed by atoms with Gasteiger partial charge in [0.2, 0.25) is 0 Å². The molecule has 4 aromatic rings. The molecule has 0 spiro atoms. The van der Waals surface area contributed by atoms with Crippen LogP contribution in [0, 0.1) is 27.7 Å². The van der Waals surface area contributed by atoms with Crippen molar-refractivity contribution in [2.75, 3.05) is 0 Å². The van der Waals surface area contributed by atoms with E-state index in [1.54, 1.807) is 19.1 Å². The highest BCUT2D eigenvalue weighted by atomic mass is 16.4. The number of azo groups is 1. The highest BCUT2D eigenvalue weighted by molar-refractivity contribution is 5.89. The quantitative estimate of drug-likeness (QED) is 0.351. The number of rotatable bonds is 5. The molecule has 0 amide bonds. The molecule has 2 heterocycles. The van der Waals surface area contributed by atoms with Crippen LogP contribution in [0.5, 0.6) is 5.75 Å². The normalized spacial score (nSPS) is 11.3. The number of benzene rings is 2. The van der Waals surface area contributed by atoms with Gasteiger partial charge in [0.25, 0.3) is 5.56 Å². The second-order valence-electron chi connectivity index (χ2n) is 8.14. The highest BCUT2D eigenvalue weighted by Crippen LogP contribution is 2.39. The van der Waals surface area contributed by atoms with Gasteiger partial charge in [-0.25, -0.2) is 9.48 Å². The van der Waals surface area contributed by atoms with Crippen LogP contribution in [0.25, 0.3) is 16.8 Å². The molecule has 0 aliphatic heterocycles. The van der Waals surface area contributed by atoms with Gasteiger partial charge in [-0.1, -0.05) is 6.07 Å². The molecule has 0 bridgehead atoms. The monoisotopic (exact) mass is 457 g/mol. The number of phenolic OH excluding ortho intramolecular Hbond substituents is 1. The molecule has 2 aromatic heterocycles. The maximum absolute atomic E-state index is 13.0. The number of pyridine rings is 1. The van der Waals surface area contributed by atoms with Crippen LogP contribution < -0.4 is 5.56 Å². The number of carboxylic acids is 1. The van der Waals surface area contributed by atoms with Crippen molar-refractivity contribution in [3.63, 3.8) is 0 Å². The van der Waals surface area contributed by atoms with Crippen molar-refractivity contribution in [2.24, 2.45) is 10.2 Å². The number of carboxylic acid groups (broad SMARTS) is 1. The van der Waals surface area contributed by atoms with Crippen molar-refractivity contribution in [1.29, 1.82) is 0 Å². The van der Waals surface area contributed by atoms with Crippen molar-refractivity contribution in [1.82, 2.24) is 14.8 Å². The van der Waals surface area contributed by atoms with Gasteiger partial charge in [-0.3, -0.25) is 14.9 Å². The Kier molecular flexibility index (Phi) is 5.85. The summed E-state index contributed by atoms with van der Waals surface area (Å²) in [7, 11) is 0. The fourth-order valence-electron chi connectivity index (χ4n) is 3.57. The molecule has 9 heteroatoms. The number of carbonyl (C=O) groups is 1. The van der Waals surface area contributed by atoms with E-state index >= 15 is 0 Å². The van der Waals surface area contributed by atoms with E-state index in [4.69, 9.17) is 0 Å². The van der Waals surface area contributed by atoms with E-state index < -0.39 is 5.97 Å². The van der Waals surface area contributed by atoms with Crippen molar-refractivity contribution in [3.05, 3.63) is 87.1 Å². The van der Waals surface area contributed by atoms with Gasteiger partial charge in [-0.05, 0) is 74.7 Å². The first kappa shape index (κ1) is 22.7. The van der Waals surface area contributed by atoms with Crippen LogP contribution in [0.15, 0.2) is 63.8 Å². The fraction of sp³-hybridized carbons (Fsp3) is 0.160. The van der Waals surface area contributed by atoms with E-state index in [1.165, 1.54) is 23.1 Å². The first-order chi connectivity index (χ1) is 16.2. The molecule has 0 saturated carbocycles. The molecule has 0 radical (unpaired) electrons. The van der Waals surface area contributed by atoms with E-state index in [0.717, 1.165) is 16.7 Å². The van der Waals surface area contributed by atoms with E-state index in [1.807, 2.05) is 39.0 Å². The zero-order valence-corrected chi connectivity index (χ0v) is 19.1. The molecule has 0 unspecified atom stereocenters. The van der Waals surface area contributed by atoms with Gasteiger partial charge < -0.3 is 10.2 Å². The second kappa shape index (κ2) is 8.78. The van der Waals surface area contributed by atoms with Crippen LogP contribution in [0.2, 0.25) is 0 Å². The number of phenols is 1. The third kappa shape index (κ3) is 4.23. The zero-order chi connectivity index (χ0) is 24.6. The smallest absolute Gasteiger partial charge is 0.337 e. The maximum Gasteiger partial charge on any atom is 0.337 e. The van der Waals surface area contributed by atoms with Crippen molar-refractivity contribution in [3.8, 4) is 22.6 Å². The number of nitrogens with one attached hydrogen (secondary N) is 1. The fourth-order valence-corrected chi connectivity index (χ4v) is 3.57. The Bertz CT molecular complexity index is 1510. The SMILES string of the molecule is Cc1cc(N=Nc2c(C)[nH]n(-c3ccc(C)c(C)c3)c2=O)c(O)c(-c2cncc(C(=O)O)c2)c1. The minimum Gasteiger partial charge on any atom is -0.505 e. The van der Waals surface area contributed by atoms with Crippen molar-refractivity contribution in [2.45, 2.75) is 27.7 Å². The van der Waals surface area contributed by atoms with Crippen LogP contribution in [-0.4, -0.2) is 30.9 Å². The van der Waals surface area contributed by atoms with Gasteiger partial charge >= 0.3 is 5.97 Å². The third-order valence-corrected chi connectivity index (χ3v) is 5.58. The summed E-state index contributed by atoms with van der Waals surface area (Å²) in [5, 5.41) is 31.4. The molecule has 172 valence electrons. The summed E-state index contributed by atoms with van der Waals surface area (Å²) in [5.74, 6) is -1.31. The van der Waals surface area contributed by atoms with Gasteiger partial charge in [0.05, 0.1) is 16.9 Å². The first-order valence-electron chi connectivity index (χ1n) is 10.5. The lowest BCUT2D eigenvalue weighted by Crippen LogP contribution is -2.14. The van der Waals surface area contributed by atoms with Gasteiger partial charge in [-0.2, -0.15) is 0 Å². The van der Waals surface area contributed by atoms with Gasteiger partial charge in [0.15, 0.2) is 11.4 Å². The lowest BCUT2D eigenvalue weighted by atomic mass is 10.0. The maximum atomic E-state index is 13.0. The van der Waals surface area contributed by atoms with Crippen molar-refractivity contribution < 1.29 is 15.0 Å². The van der Waals surface area contributed by atoms with Crippen LogP contribution in [0.1, 0.15) is 32.7 Å². The standard InChI is InChI=1S/C25H23N5O4/c1-13-7-20(17-10-18(25(33)34)12-26-11-17)23(31)21(8-13)27-28-22-16(4)29-30(24(22)32)19-6-5-14(2)15(3)9-19/h5-12,29,31H,1-4H3,(H,33,34). The van der Waals surface area contributed by atoms with Crippen LogP contribution >= 0.6 is 0 Å². The number of aromatic hydroxyl groups is 1. The Hall–Kier alpha value is -4.53. The van der Waals surface area contributed by atoms with Gasteiger partial charge in [0, 0.05) is 23.5 Å². The Morgan fingerprint density at radius 3 is 2.47 bits per heavy atom. The predicted octanol–water partition coefficient (Wildman–Crippen LogP) is 5.28. The summed E-state index contributed by atoms with van der Waals surface area (Å²) in [6.45, 7) is 7.50. The molecule has 0 aliphatic rings. The zero-order valence-electron chi connectivity index (χ0n) is 19.1. The molecule has 34 heavy (non-hydrogen) atoms. The Morgan fingerprint density at radius 2 is 1.76 bits per heavy atom. The van der Waals surface area contributed by atoms with Crippen LogP contribution in [-0.2, 0) is 0 Å².